The summed E-state index contributed by atoms with van der Waals surface area (Å²) in [7, 11) is 0. The van der Waals surface area contributed by atoms with E-state index >= 15 is 0 Å². The first-order chi connectivity index (χ1) is 15.1. The topological polar surface area (TPSA) is 94.2 Å². The maximum Gasteiger partial charge on any atom is 0.417 e. The number of ether oxygens (including phenoxy) is 1. The van der Waals surface area contributed by atoms with Crippen LogP contribution in [0, 0.1) is 0 Å². The van der Waals surface area contributed by atoms with E-state index in [0.29, 0.717) is 30.2 Å². The molecule has 3 aromatic rings. The summed E-state index contributed by atoms with van der Waals surface area (Å²) in [6.07, 6.45) is -2.20. The van der Waals surface area contributed by atoms with Crippen molar-refractivity contribution in [1.82, 2.24) is 19.9 Å². The van der Waals surface area contributed by atoms with Gasteiger partial charge in [0, 0.05) is 23.2 Å². The van der Waals surface area contributed by atoms with Crippen LogP contribution in [0.2, 0.25) is 0 Å². The van der Waals surface area contributed by atoms with Crippen molar-refractivity contribution < 1.29 is 22.7 Å². The van der Waals surface area contributed by atoms with E-state index in [1.807, 2.05) is 13.8 Å². The third-order valence-corrected chi connectivity index (χ3v) is 5.58. The van der Waals surface area contributed by atoms with Crippen molar-refractivity contribution in [2.75, 3.05) is 5.73 Å². The molecule has 0 fully saturated rings. The zero-order valence-electron chi connectivity index (χ0n) is 17.8. The van der Waals surface area contributed by atoms with Crippen LogP contribution in [0.25, 0.3) is 10.9 Å². The number of pyridine rings is 3. The second kappa shape index (κ2) is 8.01. The van der Waals surface area contributed by atoms with Gasteiger partial charge >= 0.3 is 6.18 Å². The largest absolute Gasteiger partial charge is 0.417 e. The van der Waals surface area contributed by atoms with E-state index in [4.69, 9.17) is 10.5 Å². The highest BCUT2D eigenvalue weighted by atomic mass is 19.4. The average molecular weight is 445 g/mol. The Kier molecular flexibility index (Phi) is 5.49. The molecule has 0 radical (unpaired) electrons. The van der Waals surface area contributed by atoms with Crippen LogP contribution in [0.15, 0.2) is 30.6 Å². The Bertz CT molecular complexity index is 1180. The number of anilines is 1. The maximum absolute atomic E-state index is 13.4. The minimum Gasteiger partial charge on any atom is -0.383 e. The molecule has 0 bridgehead atoms. The molecule has 10 heteroatoms. The molecule has 1 aliphatic heterocycles. The summed E-state index contributed by atoms with van der Waals surface area (Å²) in [6, 6.07) is 3.11. The molecular weight excluding hydrogens is 423 g/mol. The molecule has 0 aliphatic carbocycles. The molecule has 1 amide bonds. The van der Waals surface area contributed by atoms with Crippen LogP contribution in [-0.4, -0.2) is 31.8 Å². The van der Waals surface area contributed by atoms with Crippen LogP contribution in [0.3, 0.4) is 0 Å². The third-order valence-electron chi connectivity index (χ3n) is 5.58. The van der Waals surface area contributed by atoms with Crippen molar-refractivity contribution in [2.24, 2.45) is 0 Å². The second-order valence-corrected chi connectivity index (χ2v) is 7.99. The Morgan fingerprint density at radius 2 is 1.84 bits per heavy atom. The normalized spacial score (nSPS) is 14.6. The molecule has 4 heterocycles. The number of nitrogen functional groups attached to an aromatic ring is 1. The second-order valence-electron chi connectivity index (χ2n) is 7.99. The van der Waals surface area contributed by atoms with Crippen LogP contribution >= 0.6 is 0 Å². The number of carbonyl (C=O) groups is 1. The van der Waals surface area contributed by atoms with E-state index in [9.17, 15) is 18.0 Å². The molecule has 0 unspecified atom stereocenters. The first-order valence-corrected chi connectivity index (χ1v) is 10.1. The minimum atomic E-state index is -4.47. The van der Waals surface area contributed by atoms with Gasteiger partial charge in [0.15, 0.2) is 0 Å². The van der Waals surface area contributed by atoms with Gasteiger partial charge in [0.05, 0.1) is 42.2 Å². The van der Waals surface area contributed by atoms with E-state index in [1.165, 1.54) is 12.3 Å². The smallest absolute Gasteiger partial charge is 0.383 e. The molecule has 0 spiro atoms. The highest BCUT2D eigenvalue weighted by molar-refractivity contribution is 5.97. The number of fused-ring (bicyclic) bond motifs is 3. The first-order valence-electron chi connectivity index (χ1n) is 10.1. The molecule has 3 aromatic heterocycles. The third kappa shape index (κ3) is 3.86. The number of carbonyl (C=O) groups excluding carboxylic acids is 1. The maximum atomic E-state index is 13.4. The number of alkyl halides is 3. The number of aromatic nitrogens is 3. The van der Waals surface area contributed by atoms with Crippen molar-refractivity contribution in [3.63, 3.8) is 0 Å². The summed E-state index contributed by atoms with van der Waals surface area (Å²) >= 11 is 0. The Hall–Kier alpha value is -3.27. The molecule has 4 rings (SSSR count). The molecule has 1 aliphatic rings. The van der Waals surface area contributed by atoms with Gasteiger partial charge in [0.2, 0.25) is 0 Å². The molecule has 32 heavy (non-hydrogen) atoms. The minimum absolute atomic E-state index is 0.200. The molecule has 0 saturated heterocycles. The standard InChI is InChI=1S/C22H22F3N5O2/c1-11(2)30(12(3)17-5-4-13(7-27-17)22(23,24)25)21(31)18-6-14-15-9-32-10-16(15)20(26)29-19(14)8-28-18/h4-8,11-12H,9-10H2,1-3H3,(H2,26,29)/t12-/m0/s1. The van der Waals surface area contributed by atoms with Crippen molar-refractivity contribution in [3.8, 4) is 0 Å². The summed E-state index contributed by atoms with van der Waals surface area (Å²) in [5.41, 5.74) is 7.97. The number of nitrogens with zero attached hydrogens (tertiary/aromatic N) is 4. The van der Waals surface area contributed by atoms with E-state index < -0.39 is 17.8 Å². The first kappa shape index (κ1) is 21.9. The van der Waals surface area contributed by atoms with Gasteiger partial charge in [-0.1, -0.05) is 0 Å². The molecule has 0 aromatic carbocycles. The zero-order valence-corrected chi connectivity index (χ0v) is 17.8. The SMILES string of the molecule is CC(C)N(C(=O)c1cc2c3c(c(N)nc2cn1)COC3)[C@@H](C)c1ccc(C(F)(F)F)cn1. The molecule has 7 nitrogen and oxygen atoms in total. The lowest BCUT2D eigenvalue weighted by atomic mass is 10.0. The van der Waals surface area contributed by atoms with E-state index in [2.05, 4.69) is 15.0 Å². The van der Waals surface area contributed by atoms with Crippen molar-refractivity contribution >= 4 is 22.6 Å². The van der Waals surface area contributed by atoms with Gasteiger partial charge in [-0.25, -0.2) is 9.97 Å². The van der Waals surface area contributed by atoms with Gasteiger partial charge in [0.1, 0.15) is 11.5 Å². The highest BCUT2D eigenvalue weighted by Crippen LogP contribution is 2.33. The van der Waals surface area contributed by atoms with Gasteiger partial charge in [-0.3, -0.25) is 9.78 Å². The van der Waals surface area contributed by atoms with E-state index in [0.717, 1.165) is 28.8 Å². The Labute approximate surface area is 182 Å². The van der Waals surface area contributed by atoms with E-state index in [1.54, 1.807) is 17.9 Å². The number of hydrogen-bond acceptors (Lipinski definition) is 6. The van der Waals surface area contributed by atoms with Gasteiger partial charge in [0.25, 0.3) is 5.91 Å². The molecule has 2 N–H and O–H groups in total. The number of halogens is 3. The Balaban J connectivity index is 1.69. The van der Waals surface area contributed by atoms with Crippen molar-refractivity contribution in [2.45, 2.75) is 52.2 Å². The molecule has 1 atom stereocenters. The molecule has 0 saturated carbocycles. The van der Waals surface area contributed by atoms with Crippen molar-refractivity contribution in [3.05, 3.63) is 58.7 Å². The Morgan fingerprint density at radius 1 is 1.12 bits per heavy atom. The van der Waals surface area contributed by atoms with E-state index in [-0.39, 0.29) is 17.6 Å². The van der Waals surface area contributed by atoms with Gasteiger partial charge < -0.3 is 15.4 Å². The summed E-state index contributed by atoms with van der Waals surface area (Å²) in [4.78, 5) is 27.5. The van der Waals surface area contributed by atoms with Crippen LogP contribution in [0.5, 0.6) is 0 Å². The lowest BCUT2D eigenvalue weighted by Gasteiger charge is -2.32. The summed E-state index contributed by atoms with van der Waals surface area (Å²) < 4.78 is 44.1. The fraction of sp³-hybridized carbons (Fsp3) is 0.364. The molecule has 168 valence electrons. The summed E-state index contributed by atoms with van der Waals surface area (Å²) in [5.74, 6) is 0.0253. The highest BCUT2D eigenvalue weighted by Gasteiger charge is 2.32. The fourth-order valence-electron chi connectivity index (χ4n) is 3.94. The van der Waals surface area contributed by atoms with Crippen LogP contribution in [-0.2, 0) is 24.1 Å². The summed E-state index contributed by atoms with van der Waals surface area (Å²) in [5, 5.41) is 0.745. The van der Waals surface area contributed by atoms with Crippen LogP contribution in [0.1, 0.15) is 59.7 Å². The van der Waals surface area contributed by atoms with Crippen LogP contribution in [0.4, 0.5) is 19.0 Å². The quantitative estimate of drug-likeness (QED) is 0.645. The fourth-order valence-corrected chi connectivity index (χ4v) is 3.94. The monoisotopic (exact) mass is 445 g/mol. The van der Waals surface area contributed by atoms with Gasteiger partial charge in [-0.2, -0.15) is 13.2 Å². The van der Waals surface area contributed by atoms with Crippen LogP contribution < -0.4 is 5.73 Å². The average Bonchev–Trinajstić information content (AvgIpc) is 3.24. The predicted molar refractivity (Wildman–Crippen MR) is 111 cm³/mol. The number of nitrogens with two attached hydrogens (primary N) is 1. The van der Waals surface area contributed by atoms with Gasteiger partial charge in [-0.05, 0) is 44.5 Å². The number of amides is 1. The lowest BCUT2D eigenvalue weighted by Crippen LogP contribution is -2.39. The summed E-state index contributed by atoms with van der Waals surface area (Å²) in [6.45, 7) is 6.11. The molecular formula is C22H22F3N5O2. The number of rotatable bonds is 4. The van der Waals surface area contributed by atoms with Gasteiger partial charge in [-0.15, -0.1) is 0 Å². The lowest BCUT2D eigenvalue weighted by molar-refractivity contribution is -0.137. The Morgan fingerprint density at radius 3 is 2.47 bits per heavy atom. The zero-order chi connectivity index (χ0) is 23.2. The number of hydrogen-bond donors (Lipinski definition) is 1. The predicted octanol–water partition coefficient (Wildman–Crippen LogP) is 4.27. The van der Waals surface area contributed by atoms with Crippen molar-refractivity contribution in [1.29, 1.82) is 0 Å².